The maximum atomic E-state index is 12.2. The maximum absolute atomic E-state index is 12.2. The van der Waals surface area contributed by atoms with Crippen molar-refractivity contribution in [2.45, 2.75) is 30.7 Å². The van der Waals surface area contributed by atoms with Crippen LogP contribution in [0.15, 0.2) is 24.7 Å². The molecule has 1 aliphatic carbocycles. The van der Waals surface area contributed by atoms with Crippen LogP contribution in [0.5, 0.6) is 11.5 Å². The molecule has 0 spiro atoms. The van der Waals surface area contributed by atoms with Gasteiger partial charge < -0.3 is 29.4 Å². The van der Waals surface area contributed by atoms with Crippen molar-refractivity contribution in [3.63, 3.8) is 0 Å². The zero-order valence-corrected chi connectivity index (χ0v) is 14.9. The van der Waals surface area contributed by atoms with E-state index in [1.165, 1.54) is 6.33 Å². The molecular weight excluding hydrogens is 365 g/mol. The van der Waals surface area contributed by atoms with E-state index < -0.39 is 13.1 Å². The number of aromatic carboxylic acids is 1. The number of carbonyl (C=O) groups is 2. The lowest BCUT2D eigenvalue weighted by Gasteiger charge is -2.39. The van der Waals surface area contributed by atoms with Crippen LogP contribution in [0, 0.1) is 0 Å². The van der Waals surface area contributed by atoms with Gasteiger partial charge in [0.05, 0.1) is 25.8 Å². The van der Waals surface area contributed by atoms with Gasteiger partial charge in [-0.25, -0.2) is 9.78 Å². The number of imidazole rings is 1. The summed E-state index contributed by atoms with van der Waals surface area (Å²) in [5.41, 5.74) is 1.49. The predicted octanol–water partition coefficient (Wildman–Crippen LogP) is 0.671. The number of aromatic nitrogens is 2. The molecule has 1 amide bonds. The Morgan fingerprint density at radius 3 is 2.93 bits per heavy atom. The molecule has 28 heavy (non-hydrogen) atoms. The molecule has 2 fully saturated rings. The number of aromatic amines is 1. The largest absolute Gasteiger partial charge is 0.535 e. The first-order valence-electron chi connectivity index (χ1n) is 9.18. The molecule has 3 heterocycles. The second-order valence-electron chi connectivity index (χ2n) is 7.47. The molecule has 3 aliphatic rings. The standard InChI is InChI=1S/C18H18BN3O6/c23-15(3-9-5-20-8-21-9)22-6-10(7-22)27-14-2-1-11-12-4-13(12)19(26)28-17(11)16(14)18(24)25/h1-2,5,8,10,12-13,26H,3-4,6-7H2,(H,20,21)(H,24,25)/t12-,13-/m1/s1. The summed E-state index contributed by atoms with van der Waals surface area (Å²) in [7, 11) is -0.981. The number of rotatable bonds is 5. The van der Waals surface area contributed by atoms with E-state index >= 15 is 0 Å². The molecule has 1 saturated heterocycles. The Balaban J connectivity index is 1.28. The lowest BCUT2D eigenvalue weighted by Crippen LogP contribution is -2.56. The Kier molecular flexibility index (Phi) is 3.83. The molecule has 1 aromatic carbocycles. The molecule has 3 N–H and O–H groups in total. The van der Waals surface area contributed by atoms with Gasteiger partial charge in [-0.1, -0.05) is 6.07 Å². The van der Waals surface area contributed by atoms with Gasteiger partial charge in [-0.15, -0.1) is 0 Å². The van der Waals surface area contributed by atoms with Gasteiger partial charge in [0, 0.05) is 17.7 Å². The van der Waals surface area contributed by atoms with E-state index in [1.54, 1.807) is 17.2 Å². The molecule has 2 aliphatic heterocycles. The van der Waals surface area contributed by atoms with E-state index in [0.717, 1.165) is 17.7 Å². The third kappa shape index (κ3) is 2.80. The predicted molar refractivity (Wildman–Crippen MR) is 96.4 cm³/mol. The Labute approximate surface area is 160 Å². The van der Waals surface area contributed by atoms with Crippen LogP contribution in [0.3, 0.4) is 0 Å². The lowest BCUT2D eigenvalue weighted by atomic mass is 9.77. The Hall–Kier alpha value is -3.01. The summed E-state index contributed by atoms with van der Waals surface area (Å²) in [6, 6.07) is 3.46. The van der Waals surface area contributed by atoms with Crippen LogP contribution >= 0.6 is 0 Å². The highest BCUT2D eigenvalue weighted by atomic mass is 16.5. The topological polar surface area (TPSA) is 125 Å². The van der Waals surface area contributed by atoms with Crippen LogP contribution in [-0.2, 0) is 11.2 Å². The number of nitrogens with zero attached hydrogens (tertiary/aromatic N) is 2. The van der Waals surface area contributed by atoms with Crippen molar-refractivity contribution >= 4 is 19.0 Å². The summed E-state index contributed by atoms with van der Waals surface area (Å²) < 4.78 is 11.3. The van der Waals surface area contributed by atoms with Gasteiger partial charge >= 0.3 is 13.1 Å². The van der Waals surface area contributed by atoms with Crippen LogP contribution < -0.4 is 9.39 Å². The first-order valence-corrected chi connectivity index (χ1v) is 9.18. The molecule has 2 aromatic rings. The number of benzene rings is 1. The lowest BCUT2D eigenvalue weighted by molar-refractivity contribution is -0.139. The third-order valence-corrected chi connectivity index (χ3v) is 5.60. The third-order valence-electron chi connectivity index (χ3n) is 5.60. The zero-order valence-electron chi connectivity index (χ0n) is 14.9. The molecule has 0 unspecified atom stereocenters. The number of carbonyl (C=O) groups excluding carboxylic acids is 1. The average molecular weight is 383 g/mol. The Morgan fingerprint density at radius 2 is 2.21 bits per heavy atom. The minimum Gasteiger partial charge on any atom is -0.535 e. The van der Waals surface area contributed by atoms with Gasteiger partial charge in [0.25, 0.3) is 0 Å². The fourth-order valence-electron chi connectivity index (χ4n) is 3.95. The molecule has 1 aromatic heterocycles. The Morgan fingerprint density at radius 1 is 1.39 bits per heavy atom. The summed E-state index contributed by atoms with van der Waals surface area (Å²) >= 11 is 0. The van der Waals surface area contributed by atoms with Crippen LogP contribution in [0.25, 0.3) is 0 Å². The van der Waals surface area contributed by atoms with Crippen molar-refractivity contribution < 1.29 is 29.1 Å². The quantitative estimate of drug-likeness (QED) is 0.648. The van der Waals surface area contributed by atoms with Gasteiger partial charge in [0.2, 0.25) is 5.91 Å². The van der Waals surface area contributed by atoms with Crippen molar-refractivity contribution in [3.05, 3.63) is 41.5 Å². The van der Waals surface area contributed by atoms with Crippen molar-refractivity contribution in [3.8, 4) is 11.5 Å². The minimum atomic E-state index is -1.16. The van der Waals surface area contributed by atoms with E-state index in [2.05, 4.69) is 9.97 Å². The fourth-order valence-corrected chi connectivity index (χ4v) is 3.95. The van der Waals surface area contributed by atoms with Gasteiger partial charge in [-0.05, 0) is 24.0 Å². The molecule has 0 radical (unpaired) electrons. The van der Waals surface area contributed by atoms with E-state index in [-0.39, 0.29) is 47.2 Å². The number of nitrogens with one attached hydrogen (secondary N) is 1. The number of likely N-dealkylation sites (tertiary alicyclic amines) is 1. The normalized spacial score (nSPS) is 22.6. The molecule has 9 nitrogen and oxygen atoms in total. The second-order valence-corrected chi connectivity index (χ2v) is 7.47. The molecule has 10 heteroatoms. The maximum Gasteiger partial charge on any atom is 0.526 e. The molecule has 2 atom stereocenters. The summed E-state index contributed by atoms with van der Waals surface area (Å²) in [6.07, 6.45) is 3.88. The Bertz CT molecular complexity index is 943. The fraction of sp³-hybridized carbons (Fsp3) is 0.389. The van der Waals surface area contributed by atoms with Crippen molar-refractivity contribution in [2.24, 2.45) is 0 Å². The van der Waals surface area contributed by atoms with Crippen LogP contribution in [-0.4, -0.2) is 63.2 Å². The number of H-pyrrole nitrogens is 1. The van der Waals surface area contributed by atoms with E-state index in [9.17, 15) is 19.7 Å². The van der Waals surface area contributed by atoms with Crippen molar-refractivity contribution in [1.82, 2.24) is 14.9 Å². The molecular formula is C18H18BN3O6. The summed E-state index contributed by atoms with van der Waals surface area (Å²) in [5, 5.41) is 19.7. The van der Waals surface area contributed by atoms with Crippen LogP contribution in [0.2, 0.25) is 5.82 Å². The summed E-state index contributed by atoms with van der Waals surface area (Å²) in [5.74, 6) is -0.623. The number of amides is 1. The van der Waals surface area contributed by atoms with E-state index in [4.69, 9.17) is 9.39 Å². The van der Waals surface area contributed by atoms with Crippen molar-refractivity contribution in [1.29, 1.82) is 0 Å². The van der Waals surface area contributed by atoms with Gasteiger partial charge in [0.15, 0.2) is 0 Å². The monoisotopic (exact) mass is 383 g/mol. The molecule has 144 valence electrons. The highest BCUT2D eigenvalue weighted by Crippen LogP contribution is 2.60. The molecule has 0 bridgehead atoms. The molecule has 1 saturated carbocycles. The molecule has 5 rings (SSSR count). The first kappa shape index (κ1) is 17.1. The number of fused-ring (bicyclic) bond motifs is 3. The summed E-state index contributed by atoms with van der Waals surface area (Å²) in [4.78, 5) is 32.5. The smallest absolute Gasteiger partial charge is 0.526 e. The SMILES string of the molecule is O=C(O)c1c(OC2CN(C(=O)Cc3cnc[nH]3)C2)ccc2c1OB(O)[C@@H]1C[C@H]21. The summed E-state index contributed by atoms with van der Waals surface area (Å²) in [6.45, 7) is 0.772. The first-order chi connectivity index (χ1) is 13.5. The van der Waals surface area contributed by atoms with Gasteiger partial charge in [-0.2, -0.15) is 0 Å². The van der Waals surface area contributed by atoms with Gasteiger partial charge in [0.1, 0.15) is 23.2 Å². The highest BCUT2D eigenvalue weighted by Gasteiger charge is 2.54. The number of carboxylic acid groups (broad SMARTS) is 1. The average Bonchev–Trinajstić information content (AvgIpc) is 3.27. The number of hydrogen-bond donors (Lipinski definition) is 3. The van der Waals surface area contributed by atoms with Crippen molar-refractivity contribution in [2.75, 3.05) is 13.1 Å². The van der Waals surface area contributed by atoms with Crippen LogP contribution in [0.1, 0.15) is 34.0 Å². The second kappa shape index (κ2) is 6.27. The van der Waals surface area contributed by atoms with Crippen LogP contribution in [0.4, 0.5) is 0 Å². The number of hydrogen-bond acceptors (Lipinski definition) is 6. The number of carboxylic acids is 1. The van der Waals surface area contributed by atoms with E-state index in [0.29, 0.717) is 13.1 Å². The van der Waals surface area contributed by atoms with E-state index in [1.807, 2.05) is 6.07 Å². The van der Waals surface area contributed by atoms with Gasteiger partial charge in [-0.3, -0.25) is 4.79 Å². The highest BCUT2D eigenvalue weighted by molar-refractivity contribution is 6.48. The zero-order chi connectivity index (χ0) is 19.4. The minimum absolute atomic E-state index is 0.0424. The number of ether oxygens (including phenoxy) is 1.